The molecule has 21 heavy (non-hydrogen) atoms. The molecule has 0 aromatic heterocycles. The molecule has 1 N–H and O–H groups in total. The van der Waals surface area contributed by atoms with Crippen LogP contribution in [0, 0.1) is 13.8 Å². The third-order valence-corrected chi connectivity index (χ3v) is 3.64. The molecule has 0 saturated heterocycles. The SMILES string of the molecule is Cc1cccc(C)c1NC(=O)C(Cl)C(=O)c1ccccc1. The van der Waals surface area contributed by atoms with Gasteiger partial charge < -0.3 is 5.32 Å². The van der Waals surface area contributed by atoms with Crippen molar-refractivity contribution in [2.75, 3.05) is 5.32 Å². The number of hydrogen-bond donors (Lipinski definition) is 1. The summed E-state index contributed by atoms with van der Waals surface area (Å²) in [5.74, 6) is -0.913. The van der Waals surface area contributed by atoms with Gasteiger partial charge in [0, 0.05) is 11.3 Å². The number of halogens is 1. The number of hydrogen-bond acceptors (Lipinski definition) is 2. The topological polar surface area (TPSA) is 46.2 Å². The van der Waals surface area contributed by atoms with Crippen molar-refractivity contribution >= 4 is 29.0 Å². The van der Waals surface area contributed by atoms with Gasteiger partial charge in [0.1, 0.15) is 0 Å². The number of benzene rings is 2. The van der Waals surface area contributed by atoms with Crippen molar-refractivity contribution in [1.29, 1.82) is 0 Å². The number of carbonyl (C=O) groups is 2. The van der Waals surface area contributed by atoms with Crippen LogP contribution < -0.4 is 5.32 Å². The van der Waals surface area contributed by atoms with Gasteiger partial charge in [-0.2, -0.15) is 0 Å². The number of alkyl halides is 1. The maximum absolute atomic E-state index is 12.2. The predicted molar refractivity (Wildman–Crippen MR) is 85.0 cm³/mol. The number of amides is 1. The van der Waals surface area contributed by atoms with E-state index in [2.05, 4.69) is 5.32 Å². The molecule has 1 amide bonds. The van der Waals surface area contributed by atoms with Crippen molar-refractivity contribution in [3.8, 4) is 0 Å². The molecule has 1 unspecified atom stereocenters. The first-order chi connectivity index (χ1) is 10.0. The molecule has 2 aromatic carbocycles. The normalized spacial score (nSPS) is 11.8. The lowest BCUT2D eigenvalue weighted by molar-refractivity contribution is -0.115. The lowest BCUT2D eigenvalue weighted by atomic mass is 10.1. The van der Waals surface area contributed by atoms with Crippen molar-refractivity contribution in [3.63, 3.8) is 0 Å². The number of carbonyl (C=O) groups excluding carboxylic acids is 2. The van der Waals surface area contributed by atoms with Gasteiger partial charge in [0.25, 0.3) is 0 Å². The highest BCUT2D eigenvalue weighted by atomic mass is 35.5. The molecule has 0 aliphatic rings. The summed E-state index contributed by atoms with van der Waals surface area (Å²) >= 11 is 6.01. The largest absolute Gasteiger partial charge is 0.324 e. The Morgan fingerprint density at radius 3 is 2.10 bits per heavy atom. The van der Waals surface area contributed by atoms with Crippen molar-refractivity contribution < 1.29 is 9.59 Å². The first-order valence-electron chi connectivity index (χ1n) is 6.61. The summed E-state index contributed by atoms with van der Waals surface area (Å²) in [6, 6.07) is 14.3. The van der Waals surface area contributed by atoms with Crippen molar-refractivity contribution in [2.24, 2.45) is 0 Å². The van der Waals surface area contributed by atoms with Crippen molar-refractivity contribution in [2.45, 2.75) is 19.2 Å². The van der Waals surface area contributed by atoms with Crippen molar-refractivity contribution in [3.05, 3.63) is 65.2 Å². The molecule has 4 heteroatoms. The molecule has 0 heterocycles. The number of anilines is 1. The fourth-order valence-corrected chi connectivity index (χ4v) is 2.25. The highest BCUT2D eigenvalue weighted by Crippen LogP contribution is 2.20. The van der Waals surface area contributed by atoms with Crippen LogP contribution in [0.2, 0.25) is 0 Å². The first-order valence-corrected chi connectivity index (χ1v) is 7.04. The molecule has 3 nitrogen and oxygen atoms in total. The van der Waals surface area contributed by atoms with E-state index < -0.39 is 17.1 Å². The van der Waals surface area contributed by atoms with E-state index in [4.69, 9.17) is 11.6 Å². The highest BCUT2D eigenvalue weighted by Gasteiger charge is 2.25. The quantitative estimate of drug-likeness (QED) is 0.531. The van der Waals surface area contributed by atoms with Gasteiger partial charge in [-0.05, 0) is 25.0 Å². The summed E-state index contributed by atoms with van der Waals surface area (Å²) in [4.78, 5) is 24.3. The Balaban J connectivity index is 2.15. The molecule has 1 atom stereocenters. The highest BCUT2D eigenvalue weighted by molar-refractivity contribution is 6.45. The minimum Gasteiger partial charge on any atom is -0.324 e. The van der Waals surface area contributed by atoms with E-state index >= 15 is 0 Å². The Labute approximate surface area is 128 Å². The van der Waals surface area contributed by atoms with Gasteiger partial charge in [0.05, 0.1) is 0 Å². The van der Waals surface area contributed by atoms with Crippen LogP contribution in [0.1, 0.15) is 21.5 Å². The number of rotatable bonds is 4. The second-order valence-corrected chi connectivity index (χ2v) is 5.29. The van der Waals surface area contributed by atoms with Crippen LogP contribution in [0.15, 0.2) is 48.5 Å². The molecule has 0 aliphatic heterocycles. The Morgan fingerprint density at radius 2 is 1.52 bits per heavy atom. The van der Waals surface area contributed by atoms with E-state index in [-0.39, 0.29) is 0 Å². The molecule has 0 aliphatic carbocycles. The number of aryl methyl sites for hydroxylation is 2. The predicted octanol–water partition coefficient (Wildman–Crippen LogP) is 3.73. The maximum Gasteiger partial charge on any atom is 0.250 e. The van der Waals surface area contributed by atoms with Gasteiger partial charge in [0.2, 0.25) is 5.91 Å². The third kappa shape index (κ3) is 3.50. The Hall–Kier alpha value is -2.13. The second kappa shape index (κ2) is 6.55. The molecule has 0 fully saturated rings. The lowest BCUT2D eigenvalue weighted by Gasteiger charge is -2.14. The van der Waals surface area contributed by atoms with Crippen LogP contribution in [-0.2, 0) is 4.79 Å². The van der Waals surface area contributed by atoms with Crippen molar-refractivity contribution in [1.82, 2.24) is 0 Å². The summed E-state index contributed by atoms with van der Waals surface area (Å²) < 4.78 is 0. The molecule has 0 spiro atoms. The molecular weight excluding hydrogens is 286 g/mol. The molecule has 2 aromatic rings. The monoisotopic (exact) mass is 301 g/mol. The van der Waals surface area contributed by atoms with Crippen LogP contribution in [0.5, 0.6) is 0 Å². The molecule has 0 saturated carbocycles. The molecule has 0 bridgehead atoms. The summed E-state index contributed by atoms with van der Waals surface area (Å²) in [5, 5.41) is 1.49. The molecule has 108 valence electrons. The average Bonchev–Trinajstić information content (AvgIpc) is 2.50. The van der Waals surface area contributed by atoms with Gasteiger partial charge in [-0.15, -0.1) is 11.6 Å². The Kier molecular flexibility index (Phi) is 4.76. The fraction of sp³-hybridized carbons (Fsp3) is 0.176. The Bertz CT molecular complexity index is 647. The van der Waals surface area contributed by atoms with E-state index in [0.717, 1.165) is 11.1 Å². The summed E-state index contributed by atoms with van der Waals surface area (Å²) in [7, 11) is 0. The van der Waals surface area contributed by atoms with Crippen LogP contribution in [0.3, 0.4) is 0 Å². The first kappa shape index (κ1) is 15.3. The summed E-state index contributed by atoms with van der Waals surface area (Å²) in [6.45, 7) is 3.79. The Morgan fingerprint density at radius 1 is 0.952 bits per heavy atom. The summed E-state index contributed by atoms with van der Waals surface area (Å²) in [6.07, 6.45) is 0. The van der Waals surface area contributed by atoms with E-state index in [1.807, 2.05) is 32.0 Å². The maximum atomic E-state index is 12.2. The summed E-state index contributed by atoms with van der Waals surface area (Å²) in [5.41, 5.74) is 2.99. The van der Waals surface area contributed by atoms with E-state index in [9.17, 15) is 9.59 Å². The average molecular weight is 302 g/mol. The number of ketones is 1. The zero-order valence-corrected chi connectivity index (χ0v) is 12.6. The smallest absolute Gasteiger partial charge is 0.250 e. The minimum absolute atomic E-state index is 0.402. The van der Waals surface area contributed by atoms with E-state index in [1.54, 1.807) is 30.3 Å². The van der Waals surface area contributed by atoms with Gasteiger partial charge in [-0.25, -0.2) is 0 Å². The molecular formula is C17H16ClNO2. The van der Waals surface area contributed by atoms with Crippen LogP contribution >= 0.6 is 11.6 Å². The zero-order valence-electron chi connectivity index (χ0n) is 11.9. The van der Waals surface area contributed by atoms with Gasteiger partial charge in [-0.1, -0.05) is 48.5 Å². The van der Waals surface area contributed by atoms with Gasteiger partial charge >= 0.3 is 0 Å². The number of para-hydroxylation sites is 1. The van der Waals surface area contributed by atoms with Crippen LogP contribution in [0.25, 0.3) is 0 Å². The lowest BCUT2D eigenvalue weighted by Crippen LogP contribution is -2.31. The molecule has 0 radical (unpaired) electrons. The van der Waals surface area contributed by atoms with E-state index in [1.165, 1.54) is 0 Å². The fourth-order valence-electron chi connectivity index (χ4n) is 2.07. The minimum atomic E-state index is -1.24. The van der Waals surface area contributed by atoms with Gasteiger partial charge in [0.15, 0.2) is 11.2 Å². The second-order valence-electron chi connectivity index (χ2n) is 4.85. The number of nitrogens with one attached hydrogen (secondary N) is 1. The van der Waals surface area contributed by atoms with Crippen LogP contribution in [-0.4, -0.2) is 17.1 Å². The molecule has 2 rings (SSSR count). The zero-order chi connectivity index (χ0) is 15.4. The number of Topliss-reactive ketones (excluding diaryl/α,β-unsaturated/α-hetero) is 1. The third-order valence-electron chi connectivity index (χ3n) is 3.25. The standard InChI is InChI=1S/C17H16ClNO2/c1-11-7-6-8-12(2)15(11)19-17(21)14(18)16(20)13-9-4-3-5-10-13/h3-10,14H,1-2H3,(H,19,21). The van der Waals surface area contributed by atoms with Crippen LogP contribution in [0.4, 0.5) is 5.69 Å². The van der Waals surface area contributed by atoms with Gasteiger partial charge in [-0.3, -0.25) is 9.59 Å². The van der Waals surface area contributed by atoms with E-state index in [0.29, 0.717) is 11.3 Å².